The maximum Gasteiger partial charge on any atom is 0.230 e. The van der Waals surface area contributed by atoms with E-state index >= 15 is 0 Å². The molecule has 1 amide bonds. The number of aromatic nitrogens is 3. The van der Waals surface area contributed by atoms with Crippen LogP contribution in [0.5, 0.6) is 0 Å². The van der Waals surface area contributed by atoms with E-state index in [0.29, 0.717) is 16.7 Å². The molecule has 146 valence electrons. The van der Waals surface area contributed by atoms with Gasteiger partial charge in [-0.15, -0.1) is 10.2 Å². The molecule has 1 heterocycles. The van der Waals surface area contributed by atoms with Crippen LogP contribution in [0.1, 0.15) is 25.5 Å². The molecule has 5 nitrogen and oxygen atoms in total. The Hall–Kier alpha value is -2.38. The van der Waals surface area contributed by atoms with Gasteiger partial charge in [-0.2, -0.15) is 0 Å². The van der Waals surface area contributed by atoms with Gasteiger partial charge < -0.3 is 9.88 Å². The summed E-state index contributed by atoms with van der Waals surface area (Å²) >= 11 is 7.28. The van der Waals surface area contributed by atoms with Crippen LogP contribution < -0.4 is 5.32 Å². The smallest absolute Gasteiger partial charge is 0.230 e. The standard InChI is InChI=1S/C20H20ClFN4OS/c1-3-26-19(15-4-8-16(21)9-5-15)24-25-20(26)28-12-18(27)23-13(2)14-6-10-17(22)11-7-14/h4-11,13H,3,12H2,1-2H3,(H,23,27)/t13-/m1/s1. The highest BCUT2D eigenvalue weighted by Gasteiger charge is 2.16. The molecule has 1 N–H and O–H groups in total. The average Bonchev–Trinajstić information content (AvgIpc) is 3.10. The van der Waals surface area contributed by atoms with Crippen molar-refractivity contribution in [1.29, 1.82) is 0 Å². The summed E-state index contributed by atoms with van der Waals surface area (Å²) in [4.78, 5) is 12.3. The lowest BCUT2D eigenvalue weighted by Gasteiger charge is -2.14. The van der Waals surface area contributed by atoms with Gasteiger partial charge in [0.25, 0.3) is 0 Å². The normalized spacial score (nSPS) is 12.0. The molecule has 0 aliphatic carbocycles. The van der Waals surface area contributed by atoms with Crippen LogP contribution in [0.4, 0.5) is 4.39 Å². The Kier molecular flexibility index (Phi) is 6.70. The van der Waals surface area contributed by atoms with Gasteiger partial charge in [-0.3, -0.25) is 4.79 Å². The minimum Gasteiger partial charge on any atom is -0.349 e. The zero-order chi connectivity index (χ0) is 20.1. The van der Waals surface area contributed by atoms with Crippen LogP contribution in [-0.4, -0.2) is 26.4 Å². The largest absolute Gasteiger partial charge is 0.349 e. The van der Waals surface area contributed by atoms with Gasteiger partial charge in [0.2, 0.25) is 5.91 Å². The molecule has 0 aliphatic heterocycles. The summed E-state index contributed by atoms with van der Waals surface area (Å²) in [5, 5.41) is 12.7. The summed E-state index contributed by atoms with van der Waals surface area (Å²) < 4.78 is 15.0. The maximum atomic E-state index is 13.0. The predicted molar refractivity (Wildman–Crippen MR) is 110 cm³/mol. The highest BCUT2D eigenvalue weighted by molar-refractivity contribution is 7.99. The first-order chi connectivity index (χ1) is 13.5. The van der Waals surface area contributed by atoms with Crippen molar-refractivity contribution in [1.82, 2.24) is 20.1 Å². The number of amides is 1. The van der Waals surface area contributed by atoms with Crippen LogP contribution in [0, 0.1) is 5.82 Å². The van der Waals surface area contributed by atoms with Gasteiger partial charge >= 0.3 is 0 Å². The molecular weight excluding hydrogens is 399 g/mol. The topological polar surface area (TPSA) is 59.8 Å². The summed E-state index contributed by atoms with van der Waals surface area (Å²) in [6, 6.07) is 13.3. The highest BCUT2D eigenvalue weighted by Crippen LogP contribution is 2.25. The van der Waals surface area contributed by atoms with E-state index in [1.54, 1.807) is 12.1 Å². The molecule has 0 unspecified atom stereocenters. The van der Waals surface area contributed by atoms with E-state index in [2.05, 4.69) is 15.5 Å². The number of nitrogens with zero attached hydrogens (tertiary/aromatic N) is 3. The van der Waals surface area contributed by atoms with Crippen LogP contribution in [0.25, 0.3) is 11.4 Å². The van der Waals surface area contributed by atoms with Crippen LogP contribution in [0.3, 0.4) is 0 Å². The molecule has 0 bridgehead atoms. The Morgan fingerprint density at radius 1 is 1.18 bits per heavy atom. The Bertz CT molecular complexity index is 944. The third kappa shape index (κ3) is 4.91. The molecular formula is C20H20ClFN4OS. The van der Waals surface area contributed by atoms with E-state index in [0.717, 1.165) is 17.0 Å². The van der Waals surface area contributed by atoms with Crippen molar-refractivity contribution < 1.29 is 9.18 Å². The molecule has 0 saturated carbocycles. The second-order valence-corrected chi connectivity index (χ2v) is 7.57. The number of thioether (sulfide) groups is 1. The quantitative estimate of drug-likeness (QED) is 0.563. The van der Waals surface area contributed by atoms with Gasteiger partial charge in [0, 0.05) is 17.1 Å². The molecule has 0 saturated heterocycles. The number of carbonyl (C=O) groups excluding carboxylic acids is 1. The molecule has 0 aliphatic rings. The number of rotatable bonds is 7. The van der Waals surface area contributed by atoms with Crippen LogP contribution in [-0.2, 0) is 11.3 Å². The van der Waals surface area contributed by atoms with E-state index < -0.39 is 0 Å². The molecule has 2 aromatic carbocycles. The van der Waals surface area contributed by atoms with E-state index in [1.807, 2.05) is 42.7 Å². The van der Waals surface area contributed by atoms with Crippen LogP contribution in [0.2, 0.25) is 5.02 Å². The van der Waals surface area contributed by atoms with Gasteiger partial charge in [0.05, 0.1) is 11.8 Å². The summed E-state index contributed by atoms with van der Waals surface area (Å²) in [6.45, 7) is 4.55. The SMILES string of the molecule is CCn1c(SCC(=O)N[C@H](C)c2ccc(F)cc2)nnc1-c1ccc(Cl)cc1. The summed E-state index contributed by atoms with van der Waals surface area (Å²) in [5.74, 6) is 0.528. The first-order valence-corrected chi connectivity index (χ1v) is 10.2. The Morgan fingerprint density at radius 3 is 2.50 bits per heavy atom. The van der Waals surface area contributed by atoms with Gasteiger partial charge in [-0.1, -0.05) is 35.5 Å². The molecule has 1 aromatic heterocycles. The molecule has 0 spiro atoms. The number of carbonyl (C=O) groups is 1. The van der Waals surface area contributed by atoms with Crippen molar-refractivity contribution in [3.05, 3.63) is 64.9 Å². The molecule has 28 heavy (non-hydrogen) atoms. The van der Waals surface area contributed by atoms with Gasteiger partial charge in [0.15, 0.2) is 11.0 Å². The minimum atomic E-state index is -0.298. The fraction of sp³-hybridized carbons (Fsp3) is 0.250. The molecule has 3 aromatic rings. The van der Waals surface area contributed by atoms with Crippen molar-refractivity contribution >= 4 is 29.3 Å². The first kappa shape index (κ1) is 20.4. The second kappa shape index (κ2) is 9.21. The molecule has 8 heteroatoms. The van der Waals surface area contributed by atoms with Crippen molar-refractivity contribution in [2.75, 3.05) is 5.75 Å². The van der Waals surface area contributed by atoms with Gasteiger partial charge in [-0.05, 0) is 55.8 Å². The number of halogens is 2. The Morgan fingerprint density at radius 2 is 1.86 bits per heavy atom. The third-order valence-electron chi connectivity index (χ3n) is 4.22. The maximum absolute atomic E-state index is 13.0. The van der Waals surface area contributed by atoms with E-state index in [-0.39, 0.29) is 23.5 Å². The highest BCUT2D eigenvalue weighted by atomic mass is 35.5. The lowest BCUT2D eigenvalue weighted by Crippen LogP contribution is -2.28. The summed E-state index contributed by atoms with van der Waals surface area (Å²) in [5.41, 5.74) is 1.77. The van der Waals surface area contributed by atoms with Gasteiger partial charge in [0.1, 0.15) is 5.82 Å². The van der Waals surface area contributed by atoms with E-state index in [1.165, 1.54) is 23.9 Å². The lowest BCUT2D eigenvalue weighted by atomic mass is 10.1. The van der Waals surface area contributed by atoms with Crippen molar-refractivity contribution in [2.24, 2.45) is 0 Å². The zero-order valence-corrected chi connectivity index (χ0v) is 17.1. The van der Waals surface area contributed by atoms with E-state index in [9.17, 15) is 9.18 Å². The first-order valence-electron chi connectivity index (χ1n) is 8.84. The Balaban J connectivity index is 1.63. The van der Waals surface area contributed by atoms with Crippen molar-refractivity contribution in [2.45, 2.75) is 31.6 Å². The second-order valence-electron chi connectivity index (χ2n) is 6.19. The molecule has 1 atom stereocenters. The minimum absolute atomic E-state index is 0.125. The monoisotopic (exact) mass is 418 g/mol. The van der Waals surface area contributed by atoms with Crippen molar-refractivity contribution in [3.8, 4) is 11.4 Å². The lowest BCUT2D eigenvalue weighted by molar-refractivity contribution is -0.119. The summed E-state index contributed by atoms with van der Waals surface area (Å²) in [7, 11) is 0. The van der Waals surface area contributed by atoms with Crippen molar-refractivity contribution in [3.63, 3.8) is 0 Å². The summed E-state index contributed by atoms with van der Waals surface area (Å²) in [6.07, 6.45) is 0. The molecule has 0 fully saturated rings. The Labute approximate surface area is 172 Å². The molecule has 3 rings (SSSR count). The number of benzene rings is 2. The molecule has 0 radical (unpaired) electrons. The van der Waals surface area contributed by atoms with Crippen LogP contribution in [0.15, 0.2) is 53.7 Å². The number of hydrogen-bond acceptors (Lipinski definition) is 4. The predicted octanol–water partition coefficient (Wildman–Crippen LogP) is 4.73. The number of hydrogen-bond donors (Lipinski definition) is 1. The van der Waals surface area contributed by atoms with E-state index in [4.69, 9.17) is 11.6 Å². The average molecular weight is 419 g/mol. The number of nitrogens with one attached hydrogen (secondary N) is 1. The fourth-order valence-electron chi connectivity index (χ4n) is 2.74. The fourth-order valence-corrected chi connectivity index (χ4v) is 3.68. The van der Waals surface area contributed by atoms with Crippen LogP contribution >= 0.6 is 23.4 Å². The zero-order valence-electron chi connectivity index (χ0n) is 15.5. The van der Waals surface area contributed by atoms with Gasteiger partial charge in [-0.25, -0.2) is 4.39 Å². The third-order valence-corrected chi connectivity index (χ3v) is 5.43.